The summed E-state index contributed by atoms with van der Waals surface area (Å²) in [5.74, 6) is -1.91. The van der Waals surface area contributed by atoms with E-state index >= 15 is 0 Å². The maximum Gasteiger partial charge on any atom is 0.389 e. The molecule has 0 bridgehead atoms. The Morgan fingerprint density at radius 3 is 2.30 bits per heavy atom. The summed E-state index contributed by atoms with van der Waals surface area (Å²) in [6.07, 6.45) is -5.23. The van der Waals surface area contributed by atoms with E-state index in [1.54, 1.807) is 6.92 Å². The molecule has 2 rings (SSSR count). The number of carboxylic acid groups (broad SMARTS) is 1. The first-order valence-corrected chi connectivity index (χ1v) is 7.35. The van der Waals surface area contributed by atoms with Crippen LogP contribution in [0.1, 0.15) is 29.3 Å². The molecule has 0 aliphatic carbocycles. The van der Waals surface area contributed by atoms with Crippen LogP contribution in [0.15, 0.2) is 24.3 Å². The molecule has 0 unspecified atom stereocenters. The highest BCUT2D eigenvalue weighted by Crippen LogP contribution is 2.25. The minimum absolute atomic E-state index is 0.123. The number of aryl methyl sites for hydroxylation is 1. The number of hydrogen-bond acceptors (Lipinski definition) is 2. The molecular formula is C16H18F3NO3. The predicted molar refractivity (Wildman–Crippen MR) is 77.0 cm³/mol. The fourth-order valence-corrected chi connectivity index (χ4v) is 2.74. The van der Waals surface area contributed by atoms with Crippen molar-refractivity contribution >= 4 is 11.9 Å². The first-order chi connectivity index (χ1) is 10.7. The summed E-state index contributed by atoms with van der Waals surface area (Å²) in [6.45, 7) is 2.31. The Bertz CT molecular complexity index is 583. The van der Waals surface area contributed by atoms with E-state index in [0.717, 1.165) is 0 Å². The molecule has 1 aromatic carbocycles. The molecule has 0 spiro atoms. The molecule has 23 heavy (non-hydrogen) atoms. The Labute approximate surface area is 131 Å². The highest BCUT2D eigenvalue weighted by molar-refractivity contribution is 5.94. The Morgan fingerprint density at radius 1 is 1.22 bits per heavy atom. The second kappa shape index (κ2) is 6.60. The van der Waals surface area contributed by atoms with Gasteiger partial charge in [0.1, 0.15) is 0 Å². The number of aliphatic carboxylic acids is 1. The van der Waals surface area contributed by atoms with Gasteiger partial charge in [-0.3, -0.25) is 9.59 Å². The monoisotopic (exact) mass is 329 g/mol. The number of halogens is 3. The summed E-state index contributed by atoms with van der Waals surface area (Å²) in [7, 11) is 0. The molecule has 1 amide bonds. The number of nitrogens with zero attached hydrogens (tertiary/aromatic N) is 1. The Kier molecular flexibility index (Phi) is 4.97. The van der Waals surface area contributed by atoms with Crippen molar-refractivity contribution in [3.8, 4) is 0 Å². The number of carboxylic acids is 1. The van der Waals surface area contributed by atoms with Gasteiger partial charge in [0, 0.05) is 25.1 Å². The second-order valence-corrected chi connectivity index (χ2v) is 5.94. The molecule has 126 valence electrons. The Hall–Kier alpha value is -2.05. The highest BCUT2D eigenvalue weighted by atomic mass is 19.4. The average Bonchev–Trinajstić information content (AvgIpc) is 2.86. The summed E-state index contributed by atoms with van der Waals surface area (Å²) in [5, 5.41) is 9.09. The van der Waals surface area contributed by atoms with Crippen molar-refractivity contribution < 1.29 is 27.9 Å². The number of hydrogen-bond donors (Lipinski definition) is 1. The molecule has 0 radical (unpaired) electrons. The maximum absolute atomic E-state index is 12.3. The third-order valence-corrected chi connectivity index (χ3v) is 4.11. The quantitative estimate of drug-likeness (QED) is 0.924. The molecule has 1 aliphatic rings. The summed E-state index contributed by atoms with van der Waals surface area (Å²) in [6, 6.07) is 6.00. The molecule has 7 heteroatoms. The summed E-state index contributed by atoms with van der Waals surface area (Å²) in [5.41, 5.74) is 0.871. The van der Waals surface area contributed by atoms with Gasteiger partial charge in [-0.1, -0.05) is 19.1 Å². The normalized spacial score (nSPS) is 21.5. The lowest BCUT2D eigenvalue weighted by molar-refractivity contribution is -0.142. The molecule has 1 N–H and O–H groups in total. The zero-order chi connectivity index (χ0) is 17.2. The second-order valence-electron chi connectivity index (χ2n) is 5.94. The van der Waals surface area contributed by atoms with Gasteiger partial charge >= 0.3 is 12.1 Å². The fourth-order valence-electron chi connectivity index (χ4n) is 2.74. The zero-order valence-corrected chi connectivity index (χ0v) is 12.6. The van der Waals surface area contributed by atoms with E-state index < -0.39 is 24.5 Å². The first-order valence-electron chi connectivity index (χ1n) is 7.35. The van der Waals surface area contributed by atoms with Crippen LogP contribution < -0.4 is 0 Å². The number of amides is 1. The Balaban J connectivity index is 1.99. The number of rotatable bonds is 4. The molecule has 4 nitrogen and oxygen atoms in total. The van der Waals surface area contributed by atoms with Crippen LogP contribution in [0.25, 0.3) is 0 Å². The maximum atomic E-state index is 12.3. The van der Waals surface area contributed by atoms with Gasteiger partial charge in [-0.15, -0.1) is 0 Å². The highest BCUT2D eigenvalue weighted by Gasteiger charge is 2.37. The van der Waals surface area contributed by atoms with Crippen molar-refractivity contribution in [2.24, 2.45) is 11.8 Å². The lowest BCUT2D eigenvalue weighted by Crippen LogP contribution is -2.29. The molecule has 1 aromatic rings. The summed E-state index contributed by atoms with van der Waals surface area (Å²) < 4.78 is 36.5. The van der Waals surface area contributed by atoms with E-state index in [2.05, 4.69) is 0 Å². The van der Waals surface area contributed by atoms with E-state index in [4.69, 9.17) is 5.11 Å². The van der Waals surface area contributed by atoms with Crippen molar-refractivity contribution in [3.63, 3.8) is 0 Å². The van der Waals surface area contributed by atoms with Crippen LogP contribution >= 0.6 is 0 Å². The van der Waals surface area contributed by atoms with Crippen LogP contribution in [-0.4, -0.2) is 41.1 Å². The number of alkyl halides is 3. The van der Waals surface area contributed by atoms with Crippen LogP contribution in [0.3, 0.4) is 0 Å². The minimum Gasteiger partial charge on any atom is -0.481 e. The van der Waals surface area contributed by atoms with Crippen LogP contribution in [0.2, 0.25) is 0 Å². The molecular weight excluding hydrogens is 311 g/mol. The van der Waals surface area contributed by atoms with Crippen LogP contribution in [0, 0.1) is 11.8 Å². The lowest BCUT2D eigenvalue weighted by atomic mass is 9.99. The van der Waals surface area contributed by atoms with Crippen molar-refractivity contribution in [2.75, 3.05) is 13.1 Å². The van der Waals surface area contributed by atoms with E-state index in [0.29, 0.717) is 17.7 Å². The first kappa shape index (κ1) is 17.3. The Morgan fingerprint density at radius 2 is 1.83 bits per heavy atom. The molecule has 0 saturated carbocycles. The van der Waals surface area contributed by atoms with Gasteiger partial charge in [0.05, 0.1) is 5.92 Å². The molecule has 1 saturated heterocycles. The fraction of sp³-hybridized carbons (Fsp3) is 0.500. The molecule has 2 atom stereocenters. The minimum atomic E-state index is -4.20. The predicted octanol–water partition coefficient (Wildman–Crippen LogP) is 2.97. The van der Waals surface area contributed by atoms with Crippen LogP contribution in [0.4, 0.5) is 13.2 Å². The van der Waals surface area contributed by atoms with Crippen molar-refractivity contribution in [3.05, 3.63) is 35.4 Å². The van der Waals surface area contributed by atoms with Crippen LogP contribution in [-0.2, 0) is 11.2 Å². The van der Waals surface area contributed by atoms with Crippen molar-refractivity contribution in [2.45, 2.75) is 25.9 Å². The van der Waals surface area contributed by atoms with Crippen LogP contribution in [0.5, 0.6) is 0 Å². The van der Waals surface area contributed by atoms with Crippen molar-refractivity contribution in [1.82, 2.24) is 4.90 Å². The van der Waals surface area contributed by atoms with E-state index in [1.165, 1.54) is 29.2 Å². The molecule has 1 aliphatic heterocycles. The third-order valence-electron chi connectivity index (χ3n) is 4.11. The lowest BCUT2D eigenvalue weighted by Gasteiger charge is -2.16. The van der Waals surface area contributed by atoms with Gasteiger partial charge in [0.2, 0.25) is 0 Å². The molecule has 1 heterocycles. The number of carbonyl (C=O) groups is 2. The number of carbonyl (C=O) groups excluding carboxylic acids is 1. The van der Waals surface area contributed by atoms with Gasteiger partial charge in [0.15, 0.2) is 0 Å². The van der Waals surface area contributed by atoms with Gasteiger partial charge in [-0.2, -0.15) is 13.2 Å². The van der Waals surface area contributed by atoms with Gasteiger partial charge in [-0.25, -0.2) is 0 Å². The average molecular weight is 329 g/mol. The molecule has 1 fully saturated rings. The number of likely N-dealkylation sites (tertiary alicyclic amines) is 1. The molecule has 0 aromatic heterocycles. The third kappa shape index (κ3) is 4.46. The van der Waals surface area contributed by atoms with E-state index in [-0.39, 0.29) is 24.8 Å². The van der Waals surface area contributed by atoms with Gasteiger partial charge in [0.25, 0.3) is 5.91 Å². The summed E-state index contributed by atoms with van der Waals surface area (Å²) >= 11 is 0. The standard InChI is InChI=1S/C16H18F3NO3/c1-10-8-20(9-13(10)15(22)23)14(21)12-4-2-11(3-5-12)6-7-16(17,18)19/h2-5,10,13H,6-9H2,1H3,(H,22,23)/t10-,13-/m1/s1. The summed E-state index contributed by atoms with van der Waals surface area (Å²) in [4.78, 5) is 24.9. The van der Waals surface area contributed by atoms with Gasteiger partial charge in [-0.05, 0) is 30.0 Å². The van der Waals surface area contributed by atoms with Crippen molar-refractivity contribution in [1.29, 1.82) is 0 Å². The van der Waals surface area contributed by atoms with E-state index in [1.807, 2.05) is 0 Å². The largest absolute Gasteiger partial charge is 0.481 e. The number of benzene rings is 1. The van der Waals surface area contributed by atoms with Gasteiger partial charge < -0.3 is 10.0 Å². The smallest absolute Gasteiger partial charge is 0.389 e. The topological polar surface area (TPSA) is 57.6 Å². The SMILES string of the molecule is C[C@@H]1CN(C(=O)c2ccc(CCC(F)(F)F)cc2)C[C@H]1C(=O)O. The zero-order valence-electron chi connectivity index (χ0n) is 12.6. The van der Waals surface area contributed by atoms with E-state index in [9.17, 15) is 22.8 Å².